The number of aromatic carboxylic acids is 1. The third-order valence-corrected chi connectivity index (χ3v) is 3.45. The molecule has 1 aromatic heterocycles. The fraction of sp³-hybridized carbons (Fsp3) is 0.267. The number of rotatable bonds is 3. The van der Waals surface area contributed by atoms with Gasteiger partial charge in [-0.15, -0.1) is 0 Å². The molecule has 0 bridgehead atoms. The van der Waals surface area contributed by atoms with Crippen molar-refractivity contribution in [3.8, 4) is 0 Å². The van der Waals surface area contributed by atoms with Crippen LogP contribution in [-0.4, -0.2) is 32.5 Å². The highest BCUT2D eigenvalue weighted by Crippen LogP contribution is 2.18. The minimum Gasteiger partial charge on any atom is -0.475 e. The van der Waals surface area contributed by atoms with Gasteiger partial charge in [-0.3, -0.25) is 4.90 Å². The van der Waals surface area contributed by atoms with Crippen LogP contribution in [-0.2, 0) is 19.5 Å². The molecule has 2 heterocycles. The summed E-state index contributed by atoms with van der Waals surface area (Å²) in [6.07, 6.45) is 2.41. The van der Waals surface area contributed by atoms with Crippen LogP contribution in [0.4, 0.5) is 0 Å². The van der Waals surface area contributed by atoms with Gasteiger partial charge in [-0.2, -0.15) is 0 Å². The van der Waals surface area contributed by atoms with E-state index in [9.17, 15) is 4.79 Å². The van der Waals surface area contributed by atoms with Crippen molar-refractivity contribution in [2.75, 3.05) is 6.54 Å². The van der Waals surface area contributed by atoms with Crippen molar-refractivity contribution in [3.05, 3.63) is 59.2 Å². The Morgan fingerprint density at radius 1 is 1.30 bits per heavy atom. The Bertz CT molecular complexity index is 628. The van der Waals surface area contributed by atoms with Gasteiger partial charge in [0.05, 0.1) is 5.69 Å². The number of aromatic nitrogens is 2. The van der Waals surface area contributed by atoms with E-state index in [0.717, 1.165) is 37.3 Å². The molecule has 0 saturated carbocycles. The highest BCUT2D eigenvalue weighted by molar-refractivity contribution is 5.83. The van der Waals surface area contributed by atoms with Gasteiger partial charge in [0.25, 0.3) is 0 Å². The number of fused-ring (bicyclic) bond motifs is 1. The van der Waals surface area contributed by atoms with Crippen LogP contribution in [0.5, 0.6) is 0 Å². The second-order valence-electron chi connectivity index (χ2n) is 4.92. The van der Waals surface area contributed by atoms with E-state index in [4.69, 9.17) is 5.11 Å². The first-order valence-electron chi connectivity index (χ1n) is 6.57. The molecule has 0 spiro atoms. The number of hydrogen-bond acceptors (Lipinski definition) is 4. The summed E-state index contributed by atoms with van der Waals surface area (Å²) in [4.78, 5) is 21.2. The SMILES string of the molecule is O=C(O)c1ncc2c(n1)CCN(Cc1ccccc1)C2. The molecule has 1 N–H and O–H groups in total. The number of nitrogens with zero attached hydrogens (tertiary/aromatic N) is 3. The predicted molar refractivity (Wildman–Crippen MR) is 73.3 cm³/mol. The summed E-state index contributed by atoms with van der Waals surface area (Å²) in [5.41, 5.74) is 3.16. The summed E-state index contributed by atoms with van der Waals surface area (Å²) in [7, 11) is 0. The van der Waals surface area contributed by atoms with Crippen molar-refractivity contribution in [2.45, 2.75) is 19.5 Å². The van der Waals surface area contributed by atoms with Crippen molar-refractivity contribution in [1.29, 1.82) is 0 Å². The Kier molecular flexibility index (Phi) is 3.43. The quantitative estimate of drug-likeness (QED) is 0.919. The summed E-state index contributed by atoms with van der Waals surface area (Å²) in [6, 6.07) is 10.3. The van der Waals surface area contributed by atoms with E-state index in [1.807, 2.05) is 18.2 Å². The van der Waals surface area contributed by atoms with Crippen LogP contribution in [0, 0.1) is 0 Å². The van der Waals surface area contributed by atoms with Crippen molar-refractivity contribution in [3.63, 3.8) is 0 Å². The van der Waals surface area contributed by atoms with Crippen LogP contribution in [0.3, 0.4) is 0 Å². The average Bonchev–Trinajstić information content (AvgIpc) is 2.47. The largest absolute Gasteiger partial charge is 0.475 e. The minimum absolute atomic E-state index is 0.111. The summed E-state index contributed by atoms with van der Waals surface area (Å²) in [5.74, 6) is -1.18. The van der Waals surface area contributed by atoms with E-state index >= 15 is 0 Å². The maximum Gasteiger partial charge on any atom is 0.373 e. The highest BCUT2D eigenvalue weighted by atomic mass is 16.4. The number of carboxylic acid groups (broad SMARTS) is 1. The smallest absolute Gasteiger partial charge is 0.373 e. The molecule has 102 valence electrons. The monoisotopic (exact) mass is 269 g/mol. The Balaban J connectivity index is 1.74. The van der Waals surface area contributed by atoms with Crippen molar-refractivity contribution in [2.24, 2.45) is 0 Å². The summed E-state index contributed by atoms with van der Waals surface area (Å²) < 4.78 is 0. The number of carbonyl (C=O) groups is 1. The molecule has 1 aliphatic rings. The van der Waals surface area contributed by atoms with Crippen molar-refractivity contribution >= 4 is 5.97 Å². The molecule has 0 unspecified atom stereocenters. The Morgan fingerprint density at radius 2 is 2.10 bits per heavy atom. The van der Waals surface area contributed by atoms with Crippen LogP contribution >= 0.6 is 0 Å². The molecular formula is C15H15N3O2. The lowest BCUT2D eigenvalue weighted by Crippen LogP contribution is -2.31. The van der Waals surface area contributed by atoms with Crippen LogP contribution in [0.15, 0.2) is 36.5 Å². The van der Waals surface area contributed by atoms with Crippen LogP contribution < -0.4 is 0 Å². The van der Waals surface area contributed by atoms with E-state index < -0.39 is 5.97 Å². The van der Waals surface area contributed by atoms with Crippen LogP contribution in [0.2, 0.25) is 0 Å². The Morgan fingerprint density at radius 3 is 2.85 bits per heavy atom. The molecule has 0 amide bonds. The van der Waals surface area contributed by atoms with Gasteiger partial charge in [0, 0.05) is 37.8 Å². The molecule has 3 rings (SSSR count). The molecule has 0 radical (unpaired) electrons. The molecule has 0 aliphatic carbocycles. The van der Waals surface area contributed by atoms with E-state index in [2.05, 4.69) is 27.0 Å². The summed E-state index contributed by atoms with van der Waals surface area (Å²) in [5, 5.41) is 8.90. The zero-order valence-electron chi connectivity index (χ0n) is 11.0. The third kappa shape index (κ3) is 2.67. The molecule has 1 aliphatic heterocycles. The van der Waals surface area contributed by atoms with Gasteiger partial charge in [0.15, 0.2) is 0 Å². The number of hydrogen-bond donors (Lipinski definition) is 1. The van der Waals surface area contributed by atoms with Crippen molar-refractivity contribution < 1.29 is 9.90 Å². The molecular weight excluding hydrogens is 254 g/mol. The highest BCUT2D eigenvalue weighted by Gasteiger charge is 2.19. The van der Waals surface area contributed by atoms with Crippen LogP contribution in [0.1, 0.15) is 27.4 Å². The Hall–Kier alpha value is -2.27. The summed E-state index contributed by atoms with van der Waals surface area (Å²) >= 11 is 0. The number of benzene rings is 1. The topological polar surface area (TPSA) is 66.3 Å². The zero-order valence-corrected chi connectivity index (χ0v) is 11.0. The van der Waals surface area contributed by atoms with Gasteiger partial charge < -0.3 is 5.11 Å². The van der Waals surface area contributed by atoms with Crippen molar-refractivity contribution in [1.82, 2.24) is 14.9 Å². The first-order valence-corrected chi connectivity index (χ1v) is 6.57. The van der Waals surface area contributed by atoms with Gasteiger partial charge >= 0.3 is 5.97 Å². The first kappa shape index (κ1) is 12.7. The maximum absolute atomic E-state index is 10.9. The molecule has 20 heavy (non-hydrogen) atoms. The molecule has 1 aromatic carbocycles. The van der Waals surface area contributed by atoms with Crippen LogP contribution in [0.25, 0.3) is 0 Å². The number of carboxylic acids is 1. The van der Waals surface area contributed by atoms with E-state index in [1.54, 1.807) is 6.20 Å². The second-order valence-corrected chi connectivity index (χ2v) is 4.92. The minimum atomic E-state index is -1.07. The van der Waals surface area contributed by atoms with Gasteiger partial charge in [0.1, 0.15) is 0 Å². The molecule has 5 nitrogen and oxygen atoms in total. The van der Waals surface area contributed by atoms with Gasteiger partial charge in [-0.25, -0.2) is 14.8 Å². The third-order valence-electron chi connectivity index (χ3n) is 3.45. The van der Waals surface area contributed by atoms with E-state index in [1.165, 1.54) is 5.56 Å². The zero-order chi connectivity index (χ0) is 13.9. The molecule has 0 atom stereocenters. The van der Waals surface area contributed by atoms with E-state index in [-0.39, 0.29) is 5.82 Å². The summed E-state index contributed by atoms with van der Waals surface area (Å²) in [6.45, 7) is 2.54. The fourth-order valence-electron chi connectivity index (χ4n) is 2.45. The molecule has 0 saturated heterocycles. The fourth-order valence-corrected chi connectivity index (χ4v) is 2.45. The lowest BCUT2D eigenvalue weighted by atomic mass is 10.1. The molecule has 5 heteroatoms. The Labute approximate surface area is 116 Å². The average molecular weight is 269 g/mol. The van der Waals surface area contributed by atoms with Gasteiger partial charge in [-0.05, 0) is 5.56 Å². The normalized spacial score (nSPS) is 14.8. The van der Waals surface area contributed by atoms with Gasteiger partial charge in [-0.1, -0.05) is 30.3 Å². The lowest BCUT2D eigenvalue weighted by molar-refractivity contribution is 0.0682. The lowest BCUT2D eigenvalue weighted by Gasteiger charge is -2.27. The standard InChI is InChI=1S/C15H15N3O2/c19-15(20)14-16-8-12-10-18(7-6-13(12)17-14)9-11-4-2-1-3-5-11/h1-5,8H,6-7,9-10H2,(H,19,20). The van der Waals surface area contributed by atoms with Gasteiger partial charge in [0.2, 0.25) is 5.82 Å². The first-order chi connectivity index (χ1) is 9.72. The maximum atomic E-state index is 10.9. The predicted octanol–water partition coefficient (Wildman–Crippen LogP) is 1.73. The molecule has 2 aromatic rings. The van der Waals surface area contributed by atoms with E-state index in [0.29, 0.717) is 0 Å². The second kappa shape index (κ2) is 5.38. The molecule has 0 fully saturated rings.